The number of anilines is 1. The number of hydrogen-bond acceptors (Lipinski definition) is 3. The lowest BCUT2D eigenvalue weighted by Gasteiger charge is -2.29. The number of carbonyl (C=O) groups is 1. The Morgan fingerprint density at radius 2 is 1.95 bits per heavy atom. The van der Waals surface area contributed by atoms with E-state index in [4.69, 9.17) is 11.6 Å². The largest absolute Gasteiger partial charge is 0.349 e. The van der Waals surface area contributed by atoms with Crippen LogP contribution in [0.25, 0.3) is 0 Å². The van der Waals surface area contributed by atoms with Crippen molar-refractivity contribution in [1.29, 1.82) is 0 Å². The molecule has 0 spiro atoms. The highest BCUT2D eigenvalue weighted by Crippen LogP contribution is 2.26. The fourth-order valence-corrected chi connectivity index (χ4v) is 3.52. The molecule has 2 atom stereocenters. The molecule has 22 heavy (non-hydrogen) atoms. The number of benzene rings is 1. The Morgan fingerprint density at radius 1 is 1.27 bits per heavy atom. The summed E-state index contributed by atoms with van der Waals surface area (Å²) in [6, 6.07) is 4.75. The standard InChI is InChI=1S/C15H21ClN2O3S/c1-10-5-3-4-6-13(10)17-15(19)11-7-8-12(16)14(9-11)18-22(2,20)21/h7-10,13,18H,3-6H2,1-2H3,(H,17,19)/t10-,13-/m1/s1. The summed E-state index contributed by atoms with van der Waals surface area (Å²) in [6.45, 7) is 2.14. The molecular formula is C15H21ClN2O3S. The monoisotopic (exact) mass is 344 g/mol. The van der Waals surface area contributed by atoms with E-state index in [0.29, 0.717) is 11.5 Å². The van der Waals surface area contributed by atoms with Crippen molar-refractivity contribution in [3.05, 3.63) is 28.8 Å². The first-order valence-electron chi connectivity index (χ1n) is 7.34. The molecule has 0 saturated heterocycles. The van der Waals surface area contributed by atoms with E-state index in [-0.39, 0.29) is 22.7 Å². The van der Waals surface area contributed by atoms with E-state index in [1.165, 1.54) is 18.6 Å². The highest BCUT2D eigenvalue weighted by molar-refractivity contribution is 7.92. The van der Waals surface area contributed by atoms with E-state index in [1.54, 1.807) is 6.07 Å². The Balaban J connectivity index is 2.14. The molecule has 1 aliphatic rings. The van der Waals surface area contributed by atoms with Crippen molar-refractivity contribution in [3.63, 3.8) is 0 Å². The average molecular weight is 345 g/mol. The van der Waals surface area contributed by atoms with Crippen LogP contribution in [-0.4, -0.2) is 26.6 Å². The fourth-order valence-electron chi connectivity index (χ4n) is 2.73. The van der Waals surface area contributed by atoms with Crippen molar-refractivity contribution in [2.45, 2.75) is 38.6 Å². The minimum absolute atomic E-state index is 0.170. The number of rotatable bonds is 4. The van der Waals surface area contributed by atoms with E-state index in [0.717, 1.165) is 25.5 Å². The normalized spacial score (nSPS) is 22.1. The van der Waals surface area contributed by atoms with Crippen LogP contribution >= 0.6 is 11.6 Å². The Hall–Kier alpha value is -1.27. The van der Waals surface area contributed by atoms with Crippen molar-refractivity contribution in [1.82, 2.24) is 5.32 Å². The number of hydrogen-bond donors (Lipinski definition) is 2. The predicted octanol–water partition coefficient (Wildman–Crippen LogP) is 3.02. The maximum atomic E-state index is 12.4. The van der Waals surface area contributed by atoms with Crippen LogP contribution in [0.5, 0.6) is 0 Å². The first-order valence-corrected chi connectivity index (χ1v) is 9.61. The summed E-state index contributed by atoms with van der Waals surface area (Å²) >= 11 is 5.96. The second-order valence-electron chi connectivity index (χ2n) is 5.91. The van der Waals surface area contributed by atoms with Crippen LogP contribution < -0.4 is 10.0 Å². The Bertz CT molecular complexity index is 661. The SMILES string of the molecule is C[C@@H]1CCCC[C@H]1NC(=O)c1ccc(Cl)c(NS(C)(=O)=O)c1. The summed E-state index contributed by atoms with van der Waals surface area (Å²) in [5, 5.41) is 3.29. The quantitative estimate of drug-likeness (QED) is 0.881. The van der Waals surface area contributed by atoms with Crippen LogP contribution in [0.15, 0.2) is 18.2 Å². The van der Waals surface area contributed by atoms with E-state index < -0.39 is 10.0 Å². The lowest BCUT2D eigenvalue weighted by atomic mass is 9.86. The Kier molecular flexibility index (Phi) is 5.34. The number of amides is 1. The maximum absolute atomic E-state index is 12.4. The molecule has 1 saturated carbocycles. The highest BCUT2D eigenvalue weighted by Gasteiger charge is 2.23. The topological polar surface area (TPSA) is 75.3 Å². The van der Waals surface area contributed by atoms with Crippen LogP contribution in [0.4, 0.5) is 5.69 Å². The molecule has 0 unspecified atom stereocenters. The molecule has 0 aromatic heterocycles. The van der Waals surface area contributed by atoms with Gasteiger partial charge in [-0.15, -0.1) is 0 Å². The number of halogens is 1. The minimum atomic E-state index is -3.44. The van der Waals surface area contributed by atoms with Crippen LogP contribution in [-0.2, 0) is 10.0 Å². The molecule has 0 aliphatic heterocycles. The fraction of sp³-hybridized carbons (Fsp3) is 0.533. The van der Waals surface area contributed by atoms with Gasteiger partial charge in [0.05, 0.1) is 17.0 Å². The molecule has 0 radical (unpaired) electrons. The van der Waals surface area contributed by atoms with Crippen molar-refractivity contribution in [3.8, 4) is 0 Å². The van der Waals surface area contributed by atoms with Crippen molar-refractivity contribution in [2.75, 3.05) is 11.0 Å². The highest BCUT2D eigenvalue weighted by atomic mass is 35.5. The van der Waals surface area contributed by atoms with Crippen LogP contribution in [0.1, 0.15) is 43.0 Å². The lowest BCUT2D eigenvalue weighted by molar-refractivity contribution is 0.0910. The van der Waals surface area contributed by atoms with Gasteiger partial charge in [-0.1, -0.05) is 31.4 Å². The second kappa shape index (κ2) is 6.87. The molecule has 1 aromatic carbocycles. The third-order valence-corrected chi connectivity index (χ3v) is 4.87. The van der Waals surface area contributed by atoms with Crippen molar-refractivity contribution >= 4 is 33.2 Å². The van der Waals surface area contributed by atoms with Crippen LogP contribution in [0, 0.1) is 5.92 Å². The molecule has 0 bridgehead atoms. The van der Waals surface area contributed by atoms with E-state index in [9.17, 15) is 13.2 Å². The van der Waals surface area contributed by atoms with Gasteiger partial charge in [0.2, 0.25) is 10.0 Å². The van der Waals surface area contributed by atoms with Gasteiger partial charge in [0, 0.05) is 11.6 Å². The Morgan fingerprint density at radius 3 is 2.59 bits per heavy atom. The summed E-state index contributed by atoms with van der Waals surface area (Å²) in [5.74, 6) is 0.255. The van der Waals surface area contributed by atoms with E-state index in [2.05, 4.69) is 17.0 Å². The molecule has 2 N–H and O–H groups in total. The molecule has 1 aliphatic carbocycles. The van der Waals surface area contributed by atoms with E-state index >= 15 is 0 Å². The minimum Gasteiger partial charge on any atom is -0.349 e. The van der Waals surface area contributed by atoms with Crippen LogP contribution in [0.2, 0.25) is 5.02 Å². The summed E-state index contributed by atoms with van der Waals surface area (Å²) < 4.78 is 25.0. The molecule has 1 fully saturated rings. The summed E-state index contributed by atoms with van der Waals surface area (Å²) in [5.41, 5.74) is 0.613. The summed E-state index contributed by atoms with van der Waals surface area (Å²) in [6.07, 6.45) is 5.47. The van der Waals surface area contributed by atoms with Gasteiger partial charge in [0.15, 0.2) is 0 Å². The molecule has 2 rings (SSSR count). The third kappa shape index (κ3) is 4.61. The molecule has 0 heterocycles. The van der Waals surface area contributed by atoms with Gasteiger partial charge in [-0.3, -0.25) is 9.52 Å². The lowest BCUT2D eigenvalue weighted by Crippen LogP contribution is -2.41. The van der Waals surface area contributed by atoms with Gasteiger partial charge in [0.25, 0.3) is 5.91 Å². The summed E-state index contributed by atoms with van der Waals surface area (Å²) in [7, 11) is -3.44. The number of sulfonamides is 1. The molecule has 1 amide bonds. The molecule has 5 nitrogen and oxygen atoms in total. The molecule has 7 heteroatoms. The van der Waals surface area contributed by atoms with Crippen molar-refractivity contribution in [2.24, 2.45) is 5.92 Å². The van der Waals surface area contributed by atoms with Gasteiger partial charge in [-0.05, 0) is 37.0 Å². The zero-order valence-electron chi connectivity index (χ0n) is 12.7. The third-order valence-electron chi connectivity index (χ3n) is 3.95. The molecule has 122 valence electrons. The van der Waals surface area contributed by atoms with Gasteiger partial charge in [0.1, 0.15) is 0 Å². The summed E-state index contributed by atoms with van der Waals surface area (Å²) in [4.78, 5) is 12.4. The van der Waals surface area contributed by atoms with E-state index in [1.807, 2.05) is 0 Å². The van der Waals surface area contributed by atoms with Crippen molar-refractivity contribution < 1.29 is 13.2 Å². The van der Waals surface area contributed by atoms with Gasteiger partial charge in [-0.25, -0.2) is 8.42 Å². The Labute approximate surface area is 136 Å². The average Bonchev–Trinajstić information content (AvgIpc) is 2.42. The zero-order chi connectivity index (χ0) is 16.3. The number of nitrogens with one attached hydrogen (secondary N) is 2. The maximum Gasteiger partial charge on any atom is 0.251 e. The smallest absolute Gasteiger partial charge is 0.251 e. The van der Waals surface area contributed by atoms with Gasteiger partial charge >= 0.3 is 0 Å². The first kappa shape index (κ1) is 17.1. The van der Waals surface area contributed by atoms with Gasteiger partial charge in [-0.2, -0.15) is 0 Å². The molecular weight excluding hydrogens is 324 g/mol. The number of carbonyl (C=O) groups excluding carboxylic acids is 1. The first-order chi connectivity index (χ1) is 10.3. The van der Waals surface area contributed by atoms with Crippen LogP contribution in [0.3, 0.4) is 0 Å². The molecule has 1 aromatic rings. The predicted molar refractivity (Wildman–Crippen MR) is 88.8 cm³/mol. The zero-order valence-corrected chi connectivity index (χ0v) is 14.3. The van der Waals surface area contributed by atoms with Gasteiger partial charge < -0.3 is 5.32 Å². The second-order valence-corrected chi connectivity index (χ2v) is 8.07.